The van der Waals surface area contributed by atoms with Gasteiger partial charge in [0.1, 0.15) is 5.69 Å². The monoisotopic (exact) mass is 380 g/mol. The Bertz CT molecular complexity index is 1110. The number of H-pyrrole nitrogens is 1. The summed E-state index contributed by atoms with van der Waals surface area (Å²) >= 11 is 0. The Hall–Kier alpha value is -2.90. The number of hydrogen-bond donors (Lipinski definition) is 1. The Kier molecular flexibility index (Phi) is 4.07. The van der Waals surface area contributed by atoms with Crippen molar-refractivity contribution in [3.63, 3.8) is 0 Å². The van der Waals surface area contributed by atoms with Gasteiger partial charge in [-0.2, -0.15) is 5.10 Å². The number of likely N-dealkylation sites (tertiary alicyclic amines) is 1. The average molecular weight is 380 g/mol. The first-order valence-electron chi connectivity index (χ1n) is 10.0. The number of carbonyl (C=O) groups is 1. The molecule has 0 spiro atoms. The molecule has 0 saturated carbocycles. The average Bonchev–Trinajstić information content (AvgIpc) is 3.34. The molecule has 1 amide bonds. The number of hydrogen-bond acceptors (Lipinski definition) is 4. The van der Waals surface area contributed by atoms with Crippen LogP contribution in [-0.4, -0.2) is 48.3 Å². The summed E-state index contributed by atoms with van der Waals surface area (Å²) in [6.07, 6.45) is 7.41. The molecule has 1 aliphatic heterocycles. The zero-order valence-electron chi connectivity index (χ0n) is 16.0. The lowest BCUT2D eigenvalue weighted by atomic mass is 9.94. The number of carbonyl (C=O) groups excluding carboxylic acids is 1. The van der Waals surface area contributed by atoms with E-state index in [9.17, 15) is 9.59 Å². The van der Waals surface area contributed by atoms with E-state index in [0.29, 0.717) is 17.9 Å². The van der Waals surface area contributed by atoms with Gasteiger partial charge in [0.2, 0.25) is 0 Å². The molecule has 1 atom stereocenters. The minimum Gasteiger partial charge on any atom is -0.337 e. The molecule has 8 heteroatoms. The van der Waals surface area contributed by atoms with E-state index < -0.39 is 0 Å². The maximum absolute atomic E-state index is 12.9. The van der Waals surface area contributed by atoms with E-state index in [1.54, 1.807) is 28.5 Å². The van der Waals surface area contributed by atoms with Crippen LogP contribution in [0.5, 0.6) is 0 Å². The van der Waals surface area contributed by atoms with Crippen LogP contribution in [0.25, 0.3) is 5.65 Å². The molecular weight excluding hydrogens is 356 g/mol. The van der Waals surface area contributed by atoms with E-state index >= 15 is 0 Å². The van der Waals surface area contributed by atoms with Crippen LogP contribution >= 0.6 is 0 Å². The third kappa shape index (κ3) is 2.75. The summed E-state index contributed by atoms with van der Waals surface area (Å²) in [5.41, 5.74) is 4.12. The SMILES string of the molecule is Cn1nccc1C(=O)N1CCC[C@@H](c2cc3nc4c(c(=O)n3[nH]2)CCCC4)C1. The van der Waals surface area contributed by atoms with Crippen LogP contribution < -0.4 is 5.56 Å². The Balaban J connectivity index is 1.45. The molecule has 4 heterocycles. The highest BCUT2D eigenvalue weighted by atomic mass is 16.2. The standard InChI is InChI=1S/C20H24N6O2/c1-24-17(8-9-21-24)20(28)25-10-4-5-13(12-25)16-11-18-22-15-7-3-2-6-14(15)19(27)26(18)23-16/h8-9,11,13,23H,2-7,10,12H2,1H3/t13-/m1/s1. The van der Waals surface area contributed by atoms with E-state index in [1.165, 1.54) is 0 Å². The smallest absolute Gasteiger partial charge is 0.276 e. The second kappa shape index (κ2) is 6.61. The van der Waals surface area contributed by atoms with Crippen molar-refractivity contribution < 1.29 is 4.79 Å². The summed E-state index contributed by atoms with van der Waals surface area (Å²) < 4.78 is 3.20. The maximum atomic E-state index is 12.9. The van der Waals surface area contributed by atoms with Crippen molar-refractivity contribution in [1.82, 2.24) is 29.3 Å². The molecule has 28 heavy (non-hydrogen) atoms. The van der Waals surface area contributed by atoms with Crippen LogP contribution in [0, 0.1) is 0 Å². The molecule has 0 radical (unpaired) electrons. The van der Waals surface area contributed by atoms with E-state index in [2.05, 4.69) is 10.2 Å². The number of aromatic amines is 1. The van der Waals surface area contributed by atoms with Gasteiger partial charge in [0.05, 0.1) is 5.69 Å². The number of rotatable bonds is 2. The highest BCUT2D eigenvalue weighted by Gasteiger charge is 2.28. The lowest BCUT2D eigenvalue weighted by molar-refractivity contribution is 0.0694. The molecule has 1 N–H and O–H groups in total. The Morgan fingerprint density at radius 3 is 2.93 bits per heavy atom. The minimum absolute atomic E-state index is 0.00608. The van der Waals surface area contributed by atoms with Crippen LogP contribution in [0.15, 0.2) is 23.1 Å². The Morgan fingerprint density at radius 2 is 2.11 bits per heavy atom. The Labute approximate surface area is 162 Å². The summed E-state index contributed by atoms with van der Waals surface area (Å²) in [6.45, 7) is 1.37. The molecule has 5 rings (SSSR count). The van der Waals surface area contributed by atoms with Gasteiger partial charge in [-0.1, -0.05) is 0 Å². The van der Waals surface area contributed by atoms with Gasteiger partial charge in [-0.15, -0.1) is 0 Å². The summed E-state index contributed by atoms with van der Waals surface area (Å²) in [6, 6.07) is 3.74. The number of nitrogens with zero attached hydrogens (tertiary/aromatic N) is 5. The molecule has 0 aromatic carbocycles. The molecular formula is C20H24N6O2. The normalized spacial score (nSPS) is 19.8. The predicted molar refractivity (Wildman–Crippen MR) is 104 cm³/mol. The molecule has 0 bridgehead atoms. The van der Waals surface area contributed by atoms with Crippen molar-refractivity contribution in [2.75, 3.05) is 13.1 Å². The molecule has 3 aromatic heterocycles. The number of aryl methyl sites for hydroxylation is 2. The summed E-state index contributed by atoms with van der Waals surface area (Å²) in [5, 5.41) is 7.38. The highest BCUT2D eigenvalue weighted by molar-refractivity contribution is 5.92. The summed E-state index contributed by atoms with van der Waals surface area (Å²) in [5.74, 6) is 0.177. The van der Waals surface area contributed by atoms with Crippen LogP contribution in [0.4, 0.5) is 0 Å². The van der Waals surface area contributed by atoms with Crippen LogP contribution in [0.3, 0.4) is 0 Å². The zero-order chi connectivity index (χ0) is 19.3. The third-order valence-electron chi connectivity index (χ3n) is 6.09. The molecule has 2 aliphatic rings. The lowest BCUT2D eigenvalue weighted by Gasteiger charge is -2.32. The van der Waals surface area contributed by atoms with E-state index in [-0.39, 0.29) is 17.4 Å². The summed E-state index contributed by atoms with van der Waals surface area (Å²) in [7, 11) is 1.78. The predicted octanol–water partition coefficient (Wildman–Crippen LogP) is 1.65. The van der Waals surface area contributed by atoms with Gasteiger partial charge in [0.15, 0.2) is 5.65 Å². The van der Waals surface area contributed by atoms with Gasteiger partial charge in [0.25, 0.3) is 11.5 Å². The van der Waals surface area contributed by atoms with Gasteiger partial charge < -0.3 is 4.90 Å². The third-order valence-corrected chi connectivity index (χ3v) is 6.09. The minimum atomic E-state index is 0.00608. The van der Waals surface area contributed by atoms with Crippen molar-refractivity contribution in [3.05, 3.63) is 51.3 Å². The van der Waals surface area contributed by atoms with Crippen molar-refractivity contribution >= 4 is 11.6 Å². The molecule has 1 fully saturated rings. The first kappa shape index (κ1) is 17.2. The fourth-order valence-electron chi connectivity index (χ4n) is 4.55. The van der Waals surface area contributed by atoms with Crippen LogP contribution in [-0.2, 0) is 19.9 Å². The van der Waals surface area contributed by atoms with Gasteiger partial charge in [0, 0.05) is 49.6 Å². The van der Waals surface area contributed by atoms with Crippen molar-refractivity contribution in [1.29, 1.82) is 0 Å². The molecule has 1 saturated heterocycles. The van der Waals surface area contributed by atoms with Gasteiger partial charge in [-0.3, -0.25) is 19.4 Å². The molecule has 3 aromatic rings. The van der Waals surface area contributed by atoms with E-state index in [1.807, 2.05) is 11.0 Å². The molecule has 1 aliphatic carbocycles. The van der Waals surface area contributed by atoms with E-state index in [4.69, 9.17) is 4.98 Å². The van der Waals surface area contributed by atoms with Crippen molar-refractivity contribution in [3.8, 4) is 0 Å². The quantitative estimate of drug-likeness (QED) is 0.732. The largest absolute Gasteiger partial charge is 0.337 e. The van der Waals surface area contributed by atoms with Crippen LogP contribution in [0.1, 0.15) is 59.0 Å². The number of fused-ring (bicyclic) bond motifs is 2. The number of nitrogens with one attached hydrogen (secondary N) is 1. The van der Waals surface area contributed by atoms with Crippen molar-refractivity contribution in [2.45, 2.75) is 44.4 Å². The Morgan fingerprint density at radius 1 is 1.25 bits per heavy atom. The number of amides is 1. The van der Waals surface area contributed by atoms with Crippen molar-refractivity contribution in [2.24, 2.45) is 7.05 Å². The maximum Gasteiger partial charge on any atom is 0.276 e. The molecule has 146 valence electrons. The summed E-state index contributed by atoms with van der Waals surface area (Å²) in [4.78, 5) is 32.3. The first-order chi connectivity index (χ1) is 13.6. The lowest BCUT2D eigenvalue weighted by Crippen LogP contribution is -2.40. The van der Waals surface area contributed by atoms with Crippen LogP contribution in [0.2, 0.25) is 0 Å². The number of aromatic nitrogens is 5. The highest BCUT2D eigenvalue weighted by Crippen LogP contribution is 2.28. The fourth-order valence-corrected chi connectivity index (χ4v) is 4.55. The first-order valence-corrected chi connectivity index (χ1v) is 10.0. The van der Waals surface area contributed by atoms with E-state index in [0.717, 1.165) is 62.0 Å². The molecule has 8 nitrogen and oxygen atoms in total. The molecule has 0 unspecified atom stereocenters. The zero-order valence-corrected chi connectivity index (χ0v) is 16.0. The fraction of sp³-hybridized carbons (Fsp3) is 0.500. The number of piperidine rings is 1. The second-order valence-corrected chi connectivity index (χ2v) is 7.88. The van der Waals surface area contributed by atoms with Gasteiger partial charge in [-0.05, 0) is 44.6 Å². The van der Waals surface area contributed by atoms with Gasteiger partial charge >= 0.3 is 0 Å². The topological polar surface area (TPSA) is 88.3 Å². The van der Waals surface area contributed by atoms with Gasteiger partial charge in [-0.25, -0.2) is 9.50 Å². The second-order valence-electron chi connectivity index (χ2n) is 7.88.